The lowest BCUT2D eigenvalue weighted by Gasteiger charge is -2.32. The van der Waals surface area contributed by atoms with Gasteiger partial charge in [-0.3, -0.25) is 0 Å². The Morgan fingerprint density at radius 1 is 0.914 bits per heavy atom. The first-order valence-electron chi connectivity index (χ1n) is 13.0. The van der Waals surface area contributed by atoms with E-state index < -0.39 is 0 Å². The second-order valence-corrected chi connectivity index (χ2v) is 10.5. The highest BCUT2D eigenvalue weighted by Crippen LogP contribution is 2.30. The summed E-state index contributed by atoms with van der Waals surface area (Å²) in [7, 11) is 1.66. The molecule has 2 aliphatic rings. The van der Waals surface area contributed by atoms with E-state index in [2.05, 4.69) is 59.4 Å². The summed E-state index contributed by atoms with van der Waals surface area (Å²) < 4.78 is 5.31. The summed E-state index contributed by atoms with van der Waals surface area (Å²) in [6, 6.07) is 15.8. The van der Waals surface area contributed by atoms with Gasteiger partial charge in [0.05, 0.1) is 12.1 Å². The molecule has 35 heavy (non-hydrogen) atoms. The molecule has 4 rings (SSSR count). The molecule has 2 aromatic carbocycles. The standard InChI is InChI=1S/C15H23ClN2O.C13H19ClN2/c1-11(2)18(10-12-5-4-8-17-12)13-6-7-14(16)15(9-13)19-3;1-2-16(10-12-4-3-9-15-12)13-7-5-11(14)6-8-13/h6-7,9,11-12,17H,4-5,8,10H2,1-3H3;5-8,12,15H,2-4,9-10H2,1H3/t2*12-/m00/s1. The summed E-state index contributed by atoms with van der Waals surface area (Å²) in [5, 5.41) is 8.55. The van der Waals surface area contributed by atoms with Crippen molar-refractivity contribution in [1.82, 2.24) is 10.6 Å². The van der Waals surface area contributed by atoms with Crippen LogP contribution in [0.25, 0.3) is 0 Å². The van der Waals surface area contributed by atoms with Crippen LogP contribution in [0.15, 0.2) is 42.5 Å². The van der Waals surface area contributed by atoms with Crippen molar-refractivity contribution < 1.29 is 4.74 Å². The minimum absolute atomic E-state index is 0.452. The zero-order valence-electron chi connectivity index (χ0n) is 21.7. The molecule has 0 amide bonds. The van der Waals surface area contributed by atoms with Crippen LogP contribution in [0.1, 0.15) is 46.5 Å². The van der Waals surface area contributed by atoms with E-state index >= 15 is 0 Å². The van der Waals surface area contributed by atoms with Crippen molar-refractivity contribution in [3.8, 4) is 5.75 Å². The molecule has 2 heterocycles. The molecule has 194 valence electrons. The fourth-order valence-corrected chi connectivity index (χ4v) is 5.16. The highest BCUT2D eigenvalue weighted by atomic mass is 35.5. The van der Waals surface area contributed by atoms with E-state index in [4.69, 9.17) is 27.9 Å². The van der Waals surface area contributed by atoms with Crippen LogP contribution in [0.2, 0.25) is 10.0 Å². The molecule has 2 fully saturated rings. The molecule has 0 saturated carbocycles. The van der Waals surface area contributed by atoms with Crippen LogP contribution in [-0.4, -0.2) is 58.0 Å². The van der Waals surface area contributed by atoms with Gasteiger partial charge in [0.2, 0.25) is 0 Å². The van der Waals surface area contributed by atoms with Crippen molar-refractivity contribution in [3.63, 3.8) is 0 Å². The van der Waals surface area contributed by atoms with Gasteiger partial charge in [-0.2, -0.15) is 0 Å². The Morgan fingerprint density at radius 2 is 1.51 bits per heavy atom. The molecule has 2 saturated heterocycles. The number of benzene rings is 2. The van der Waals surface area contributed by atoms with E-state index in [0.29, 0.717) is 23.1 Å². The topological polar surface area (TPSA) is 39.8 Å². The molecular weight excluding hydrogens is 479 g/mol. The van der Waals surface area contributed by atoms with Crippen molar-refractivity contribution in [1.29, 1.82) is 0 Å². The fraction of sp³-hybridized carbons (Fsp3) is 0.571. The predicted molar refractivity (Wildman–Crippen MR) is 152 cm³/mol. The van der Waals surface area contributed by atoms with Crippen LogP contribution in [0.4, 0.5) is 11.4 Å². The van der Waals surface area contributed by atoms with Gasteiger partial charge in [-0.05, 0) is 95.9 Å². The second-order valence-electron chi connectivity index (χ2n) is 9.67. The van der Waals surface area contributed by atoms with Gasteiger partial charge >= 0.3 is 0 Å². The summed E-state index contributed by atoms with van der Waals surface area (Å²) in [6.45, 7) is 12.1. The molecule has 2 aliphatic heterocycles. The summed E-state index contributed by atoms with van der Waals surface area (Å²) in [4.78, 5) is 4.81. The predicted octanol–water partition coefficient (Wildman–Crippen LogP) is 6.23. The van der Waals surface area contributed by atoms with Gasteiger partial charge in [-0.15, -0.1) is 0 Å². The number of halogens is 2. The molecule has 0 aliphatic carbocycles. The first-order valence-corrected chi connectivity index (χ1v) is 13.7. The van der Waals surface area contributed by atoms with Gasteiger partial charge in [-0.25, -0.2) is 0 Å². The molecule has 2 aromatic rings. The van der Waals surface area contributed by atoms with Gasteiger partial charge in [0, 0.05) is 60.2 Å². The molecule has 0 unspecified atom stereocenters. The minimum Gasteiger partial charge on any atom is -0.495 e. The van der Waals surface area contributed by atoms with Gasteiger partial charge in [-0.1, -0.05) is 23.2 Å². The second kappa shape index (κ2) is 14.2. The smallest absolute Gasteiger partial charge is 0.139 e. The zero-order valence-corrected chi connectivity index (χ0v) is 23.2. The number of rotatable bonds is 9. The van der Waals surface area contributed by atoms with E-state index in [1.54, 1.807) is 7.11 Å². The SMILES string of the molecule is CCN(C[C@@H]1CCCN1)c1ccc(Cl)cc1.COc1cc(N(C[C@@H]2CCCN2)C(C)C)ccc1Cl. The summed E-state index contributed by atoms with van der Waals surface area (Å²) in [6.07, 6.45) is 5.14. The number of likely N-dealkylation sites (N-methyl/N-ethyl adjacent to an activating group) is 1. The monoisotopic (exact) mass is 520 g/mol. The van der Waals surface area contributed by atoms with Crippen LogP contribution < -0.4 is 25.2 Å². The average Bonchev–Trinajstić information content (AvgIpc) is 3.57. The van der Waals surface area contributed by atoms with Crippen LogP contribution in [0.5, 0.6) is 5.75 Å². The molecule has 5 nitrogen and oxygen atoms in total. The summed E-state index contributed by atoms with van der Waals surface area (Å²) in [5.41, 5.74) is 2.44. The third-order valence-electron chi connectivity index (χ3n) is 6.85. The van der Waals surface area contributed by atoms with Crippen molar-refractivity contribution in [2.75, 3.05) is 49.6 Å². The Hall–Kier alpha value is -1.66. The third kappa shape index (κ3) is 8.45. The van der Waals surface area contributed by atoms with Crippen molar-refractivity contribution in [2.45, 2.75) is 64.6 Å². The van der Waals surface area contributed by atoms with E-state index in [9.17, 15) is 0 Å². The van der Waals surface area contributed by atoms with Crippen molar-refractivity contribution >= 4 is 34.6 Å². The van der Waals surface area contributed by atoms with Crippen LogP contribution >= 0.6 is 23.2 Å². The van der Waals surface area contributed by atoms with Gasteiger partial charge in [0.1, 0.15) is 5.75 Å². The zero-order chi connectivity index (χ0) is 25.2. The number of nitrogens with one attached hydrogen (secondary N) is 2. The largest absolute Gasteiger partial charge is 0.495 e. The first-order chi connectivity index (χ1) is 16.9. The highest BCUT2D eigenvalue weighted by molar-refractivity contribution is 6.32. The van der Waals surface area contributed by atoms with E-state index in [1.165, 1.54) is 43.6 Å². The van der Waals surface area contributed by atoms with Gasteiger partial charge in [0.15, 0.2) is 0 Å². The maximum Gasteiger partial charge on any atom is 0.139 e. The number of ether oxygens (including phenoxy) is 1. The number of nitrogens with zero attached hydrogens (tertiary/aromatic N) is 2. The third-order valence-corrected chi connectivity index (χ3v) is 7.41. The van der Waals surface area contributed by atoms with Crippen molar-refractivity contribution in [3.05, 3.63) is 52.5 Å². The Labute approximate surface area is 222 Å². The maximum absolute atomic E-state index is 6.10. The van der Waals surface area contributed by atoms with Crippen LogP contribution in [0, 0.1) is 0 Å². The molecule has 0 spiro atoms. The van der Waals surface area contributed by atoms with Crippen LogP contribution in [0.3, 0.4) is 0 Å². The Kier molecular flexibility index (Phi) is 11.3. The molecular formula is C28H42Cl2N4O. The van der Waals surface area contributed by atoms with Crippen molar-refractivity contribution in [2.24, 2.45) is 0 Å². The van der Waals surface area contributed by atoms with E-state index in [1.807, 2.05) is 24.3 Å². The lowest BCUT2D eigenvalue weighted by molar-refractivity contribution is 0.414. The Morgan fingerprint density at radius 3 is 2.03 bits per heavy atom. The molecule has 0 radical (unpaired) electrons. The Balaban J connectivity index is 0.000000198. The van der Waals surface area contributed by atoms with Gasteiger partial charge < -0.3 is 25.2 Å². The highest BCUT2D eigenvalue weighted by Gasteiger charge is 2.21. The summed E-state index contributed by atoms with van der Waals surface area (Å²) >= 11 is 12.0. The molecule has 2 atom stereocenters. The first kappa shape index (κ1) is 27.9. The lowest BCUT2D eigenvalue weighted by atomic mass is 10.1. The quantitative estimate of drug-likeness (QED) is 0.409. The minimum atomic E-state index is 0.452. The van der Waals surface area contributed by atoms with Gasteiger partial charge in [0.25, 0.3) is 0 Å². The fourth-order valence-electron chi connectivity index (χ4n) is 4.84. The lowest BCUT2D eigenvalue weighted by Crippen LogP contribution is -2.41. The number of hydrogen-bond acceptors (Lipinski definition) is 5. The van der Waals surface area contributed by atoms with E-state index in [-0.39, 0.29) is 0 Å². The summed E-state index contributed by atoms with van der Waals surface area (Å²) in [5.74, 6) is 0.740. The molecule has 7 heteroatoms. The average molecular weight is 522 g/mol. The number of hydrogen-bond donors (Lipinski definition) is 2. The molecule has 2 N–H and O–H groups in total. The normalized spacial score (nSPS) is 19.4. The number of methoxy groups -OCH3 is 1. The van der Waals surface area contributed by atoms with Crippen LogP contribution in [-0.2, 0) is 0 Å². The van der Waals surface area contributed by atoms with E-state index in [0.717, 1.165) is 37.0 Å². The molecule has 0 bridgehead atoms. The number of anilines is 2. The maximum atomic E-state index is 6.10. The molecule has 0 aromatic heterocycles. The Bertz CT molecular complexity index is 881.